The molecule has 1 heterocycles. The van der Waals surface area contributed by atoms with Crippen LogP contribution in [-0.4, -0.2) is 60.3 Å². The fourth-order valence-electron chi connectivity index (χ4n) is 7.23. The minimum Gasteiger partial charge on any atom is -0.427 e. The first-order chi connectivity index (χ1) is 18.7. The van der Waals surface area contributed by atoms with E-state index in [1.54, 1.807) is 0 Å². The molecule has 40 heavy (non-hydrogen) atoms. The van der Waals surface area contributed by atoms with Crippen molar-refractivity contribution in [2.75, 3.05) is 6.54 Å². The Balaban J connectivity index is 1.38. The number of hydrogen-bond acceptors (Lipinski definition) is 6. The summed E-state index contributed by atoms with van der Waals surface area (Å²) in [5.74, 6) is -0.959. The molecule has 3 aliphatic carbocycles. The highest BCUT2D eigenvalue weighted by atomic mass is 35.5. The van der Waals surface area contributed by atoms with E-state index < -0.39 is 43.4 Å². The highest BCUT2D eigenvalue weighted by molar-refractivity contribution is 6.48. The van der Waals surface area contributed by atoms with Crippen molar-refractivity contribution in [2.24, 2.45) is 29.1 Å². The molecule has 1 aromatic rings. The number of nitrogens with one attached hydrogen (secondary N) is 2. The molecule has 4 N–H and O–H groups in total. The van der Waals surface area contributed by atoms with Crippen LogP contribution >= 0.6 is 11.6 Å². The number of rotatable bonds is 12. The zero-order valence-electron chi connectivity index (χ0n) is 24.1. The molecule has 2 amide bonds. The van der Waals surface area contributed by atoms with Crippen LogP contribution in [0.25, 0.3) is 0 Å². The fourth-order valence-corrected chi connectivity index (χ4v) is 7.40. The van der Waals surface area contributed by atoms with Gasteiger partial charge in [0.2, 0.25) is 5.91 Å². The van der Waals surface area contributed by atoms with Crippen molar-refractivity contribution in [1.29, 1.82) is 0 Å². The van der Waals surface area contributed by atoms with Crippen LogP contribution in [0.4, 0.5) is 4.39 Å². The van der Waals surface area contributed by atoms with Crippen molar-refractivity contribution in [3.05, 3.63) is 34.6 Å². The molecule has 5 rings (SSSR count). The first-order valence-electron chi connectivity index (χ1n) is 14.4. The van der Waals surface area contributed by atoms with Crippen LogP contribution in [-0.2, 0) is 14.1 Å². The number of carbonyl (C=O) groups is 2. The summed E-state index contributed by atoms with van der Waals surface area (Å²) in [5, 5.41) is 24.4. The molecule has 8 nitrogen and oxygen atoms in total. The highest BCUT2D eigenvalue weighted by Gasteiger charge is 2.69. The number of benzene rings is 1. The molecule has 1 aliphatic heterocycles. The number of hydrogen-bond donors (Lipinski definition) is 4. The molecule has 220 valence electrons. The quantitative estimate of drug-likeness (QED) is 0.280. The smallest absolute Gasteiger partial charge is 0.427 e. The van der Waals surface area contributed by atoms with Crippen molar-refractivity contribution in [3.8, 4) is 0 Å². The molecule has 1 saturated heterocycles. The summed E-state index contributed by atoms with van der Waals surface area (Å²) in [6.45, 7) is 10.3. The predicted molar refractivity (Wildman–Crippen MR) is 153 cm³/mol. The maximum Gasteiger partial charge on any atom is 0.481 e. The molecule has 2 bridgehead atoms. The maximum atomic E-state index is 14.0. The minimum atomic E-state index is -1.28. The van der Waals surface area contributed by atoms with Crippen molar-refractivity contribution >= 4 is 37.7 Å². The third-order valence-corrected chi connectivity index (χ3v) is 9.75. The van der Waals surface area contributed by atoms with Gasteiger partial charge in [-0.15, -0.1) is 0 Å². The second-order valence-corrected chi connectivity index (χ2v) is 13.4. The third-order valence-electron chi connectivity index (χ3n) is 9.52. The van der Waals surface area contributed by atoms with Crippen LogP contribution in [0, 0.1) is 34.9 Å². The highest BCUT2D eigenvalue weighted by Crippen LogP contribution is 2.67. The summed E-state index contributed by atoms with van der Waals surface area (Å²) >= 11 is 5.88. The molecular weight excluding hydrogens is 536 g/mol. The minimum absolute atomic E-state index is 0.0666. The lowest BCUT2D eigenvalue weighted by Gasteiger charge is -2.66. The Bertz CT molecular complexity index is 1100. The zero-order chi connectivity index (χ0) is 29.4. The maximum absolute atomic E-state index is 14.0. The van der Waals surface area contributed by atoms with Gasteiger partial charge in [-0.1, -0.05) is 45.7 Å². The second kappa shape index (κ2) is 12.3. The van der Waals surface area contributed by atoms with Crippen LogP contribution in [0.2, 0.25) is 11.3 Å². The van der Waals surface area contributed by atoms with Gasteiger partial charge < -0.3 is 30.0 Å². The Labute approximate surface area is 242 Å². The summed E-state index contributed by atoms with van der Waals surface area (Å²) in [7, 11) is -1.90. The van der Waals surface area contributed by atoms with Crippen LogP contribution in [0.3, 0.4) is 0 Å². The third kappa shape index (κ3) is 6.54. The number of halogens is 2. The normalized spacial score (nSPS) is 30.4. The van der Waals surface area contributed by atoms with Crippen LogP contribution in [0.15, 0.2) is 18.2 Å². The molecule has 0 spiro atoms. The average Bonchev–Trinajstić information content (AvgIpc) is 3.23. The lowest BCUT2D eigenvalue weighted by Crippen LogP contribution is -2.66. The van der Waals surface area contributed by atoms with E-state index in [1.807, 2.05) is 0 Å². The Morgan fingerprint density at radius 2 is 1.98 bits per heavy atom. The van der Waals surface area contributed by atoms with Gasteiger partial charge >= 0.3 is 14.2 Å². The van der Waals surface area contributed by atoms with E-state index in [1.165, 1.54) is 12.1 Å². The van der Waals surface area contributed by atoms with Crippen molar-refractivity contribution in [2.45, 2.75) is 90.7 Å². The van der Waals surface area contributed by atoms with Gasteiger partial charge in [0.1, 0.15) is 5.82 Å². The van der Waals surface area contributed by atoms with Crippen molar-refractivity contribution < 1.29 is 33.3 Å². The molecular formula is C28H42B2ClFN2O6. The van der Waals surface area contributed by atoms with Gasteiger partial charge in [-0.2, -0.15) is 0 Å². The van der Waals surface area contributed by atoms with E-state index in [4.69, 9.17) is 20.9 Å². The van der Waals surface area contributed by atoms with Gasteiger partial charge in [0, 0.05) is 5.02 Å². The van der Waals surface area contributed by atoms with Crippen LogP contribution in [0.1, 0.15) is 77.1 Å². The van der Waals surface area contributed by atoms with Gasteiger partial charge in [0.15, 0.2) is 0 Å². The van der Waals surface area contributed by atoms with Crippen molar-refractivity contribution in [3.63, 3.8) is 0 Å². The Morgan fingerprint density at radius 3 is 2.65 bits per heavy atom. The van der Waals surface area contributed by atoms with E-state index in [0.29, 0.717) is 24.6 Å². The summed E-state index contributed by atoms with van der Waals surface area (Å²) in [6.07, 6.45) is 4.81. The summed E-state index contributed by atoms with van der Waals surface area (Å²) < 4.78 is 27.2. The van der Waals surface area contributed by atoms with Gasteiger partial charge in [0.05, 0.1) is 29.8 Å². The first kappa shape index (κ1) is 31.3. The Kier molecular flexibility index (Phi) is 9.62. The second-order valence-electron chi connectivity index (χ2n) is 13.0. The fraction of sp³-hybridized carbons (Fsp3) is 0.714. The van der Waals surface area contributed by atoms with Gasteiger partial charge in [-0.25, -0.2) is 4.39 Å². The first-order valence-corrected chi connectivity index (χ1v) is 14.8. The van der Waals surface area contributed by atoms with Crippen LogP contribution in [0.5, 0.6) is 0 Å². The van der Waals surface area contributed by atoms with E-state index in [-0.39, 0.29) is 40.5 Å². The van der Waals surface area contributed by atoms with Crippen LogP contribution < -0.4 is 10.6 Å². The molecule has 0 radical (unpaired) electrons. The van der Waals surface area contributed by atoms with E-state index >= 15 is 0 Å². The number of amides is 2. The lowest BCUT2D eigenvalue weighted by molar-refractivity contribution is -0.211. The molecule has 4 aliphatic rings. The van der Waals surface area contributed by atoms with Crippen molar-refractivity contribution in [1.82, 2.24) is 10.6 Å². The molecule has 3 saturated carbocycles. The molecule has 1 aromatic carbocycles. The summed E-state index contributed by atoms with van der Waals surface area (Å²) in [6, 6.07) is 3.69. The van der Waals surface area contributed by atoms with E-state index in [2.05, 4.69) is 45.3 Å². The van der Waals surface area contributed by atoms with E-state index in [9.17, 15) is 24.0 Å². The molecule has 12 heteroatoms. The largest absolute Gasteiger partial charge is 0.481 e. The summed E-state index contributed by atoms with van der Waals surface area (Å²) in [4.78, 5) is 25.3. The SMILES string of the molecule is CC(C)C[C@H](NC(=O)CNC(=O)c1cc(Cl)ccc1F)B1O[C@@H]2CC3C[C@H]([C@]2(C)O1)[C@]3(C)CCC(C)CB(O)O. The number of carbonyl (C=O) groups excluding carboxylic acids is 2. The monoisotopic (exact) mass is 578 g/mol. The molecule has 2 unspecified atom stereocenters. The zero-order valence-corrected chi connectivity index (χ0v) is 24.8. The van der Waals surface area contributed by atoms with Gasteiger partial charge in [0.25, 0.3) is 5.91 Å². The average molecular weight is 579 g/mol. The molecule has 0 aromatic heterocycles. The summed E-state index contributed by atoms with van der Waals surface area (Å²) in [5.41, 5.74) is -0.608. The van der Waals surface area contributed by atoms with Gasteiger partial charge in [-0.3, -0.25) is 9.59 Å². The lowest BCUT2D eigenvalue weighted by atomic mass is 9.41. The molecule has 4 fully saturated rings. The Hall–Kier alpha value is -1.65. The topological polar surface area (TPSA) is 117 Å². The Morgan fingerprint density at radius 1 is 1.25 bits per heavy atom. The van der Waals surface area contributed by atoms with E-state index in [0.717, 1.165) is 31.7 Å². The van der Waals surface area contributed by atoms with Gasteiger partial charge in [-0.05, 0) is 86.2 Å². The predicted octanol–water partition coefficient (Wildman–Crippen LogP) is 3.88. The molecule has 7 atom stereocenters. The standard InChI is InChI=1S/C28H42B2ClFN2O6/c1-16(2)10-24(34-25(35)15-33-26(36)20-13-19(31)6-7-21(20)32)30-39-23-12-18-11-22(28(23,5)40-30)27(18,4)9-8-17(3)14-29(37)38/h6-7,13,16-18,22-24,37-38H,8-12,14-15H2,1-5H3,(H,33,36)(H,34,35)/t17?,18?,22-,23+,24-,27+,28-/m0/s1.